The van der Waals surface area contributed by atoms with Crippen LogP contribution in [0.15, 0.2) is 61.2 Å². The van der Waals surface area contributed by atoms with E-state index in [-0.39, 0.29) is 32.9 Å². The Morgan fingerprint density at radius 2 is 0.864 bits per heavy atom. The van der Waals surface area contributed by atoms with E-state index >= 15 is 0 Å². The number of aliphatic hydroxyl groups is 2. The van der Waals surface area contributed by atoms with Crippen LogP contribution < -0.4 is 28.4 Å². The summed E-state index contributed by atoms with van der Waals surface area (Å²) in [6, 6.07) is 10.2. The summed E-state index contributed by atoms with van der Waals surface area (Å²) >= 11 is 24.0. The smallest absolute Gasteiger partial charge is 0.199 e. The van der Waals surface area contributed by atoms with Gasteiger partial charge in [0.1, 0.15) is 20.1 Å². The Hall–Kier alpha value is -3.38. The number of aromatic nitrogens is 2. The number of ether oxygens (including phenoxy) is 4. The molecule has 2 aromatic carbocycles. The molecule has 0 unspecified atom stereocenters. The summed E-state index contributed by atoms with van der Waals surface area (Å²) in [6.07, 6.45) is 3.44. The number of aliphatic hydroxyl groups excluding tert-OH is 2. The van der Waals surface area contributed by atoms with E-state index in [0.717, 1.165) is 0 Å². The van der Waals surface area contributed by atoms with Crippen LogP contribution in [0.1, 0.15) is 34.5 Å². The number of nitrogens with zero attached hydrogens (tertiary/aromatic N) is 2. The fraction of sp³-hybridized carbons (Fsp3) is 0.267. The maximum Gasteiger partial charge on any atom is 0.199 e. The zero-order chi connectivity index (χ0) is 32.6. The first-order valence-corrected chi connectivity index (χ1v) is 14.4. The van der Waals surface area contributed by atoms with Crippen molar-refractivity contribution in [1.82, 2.24) is 0 Å². The summed E-state index contributed by atoms with van der Waals surface area (Å²) in [5.74, 6) is 2.17. The Kier molecular flexibility index (Phi) is 12.8. The molecule has 10 nitrogen and oxygen atoms in total. The van der Waals surface area contributed by atoms with Gasteiger partial charge in [-0.2, -0.15) is 9.46 Å². The van der Waals surface area contributed by atoms with Gasteiger partial charge in [-0.15, -0.1) is 0 Å². The second-order valence-corrected chi connectivity index (χ2v) is 10.9. The predicted molar refractivity (Wildman–Crippen MR) is 167 cm³/mol. The molecule has 4 rings (SSSR count). The zero-order valence-corrected chi connectivity index (χ0v) is 27.1. The van der Waals surface area contributed by atoms with E-state index < -0.39 is 12.2 Å². The second-order valence-electron chi connectivity index (χ2n) is 9.25. The largest absolute Gasteiger partial charge is 0.619 e. The van der Waals surface area contributed by atoms with Crippen LogP contribution in [-0.2, 0) is 12.8 Å². The molecule has 14 heteroatoms. The molecule has 0 saturated carbocycles. The van der Waals surface area contributed by atoms with Crippen LogP contribution in [0.25, 0.3) is 0 Å². The van der Waals surface area contributed by atoms with Crippen molar-refractivity contribution in [1.29, 1.82) is 0 Å². The molecule has 0 amide bonds. The van der Waals surface area contributed by atoms with Crippen LogP contribution in [0.5, 0.6) is 23.0 Å². The molecule has 0 aliphatic rings. The minimum absolute atomic E-state index is 0.175. The Balaban J connectivity index is 0.000000240. The van der Waals surface area contributed by atoms with E-state index in [4.69, 9.17) is 65.4 Å². The first kappa shape index (κ1) is 35.1. The molecular formula is C30H30Cl4N2O8. The SMILES string of the molecule is COc1ccc([C@@H](O)Cc2c(Cl)c[n+]([O-])cc2Cl)cc1OC.COc1ccc([C@@H](O)Cc2c(Cl)c[n+]([O-])cc2Cl)cc1OC. The molecule has 0 aliphatic heterocycles. The quantitative estimate of drug-likeness (QED) is 0.157. The Morgan fingerprint density at radius 1 is 0.568 bits per heavy atom. The van der Waals surface area contributed by atoms with Gasteiger partial charge in [0, 0.05) is 24.0 Å². The third-order valence-electron chi connectivity index (χ3n) is 6.50. The molecule has 0 saturated heterocycles. The Morgan fingerprint density at radius 3 is 1.14 bits per heavy atom. The minimum atomic E-state index is -0.850. The van der Waals surface area contributed by atoms with Crippen molar-refractivity contribution in [3.63, 3.8) is 0 Å². The van der Waals surface area contributed by atoms with Crippen LogP contribution in [0.4, 0.5) is 0 Å². The third-order valence-corrected chi connectivity index (χ3v) is 7.80. The summed E-state index contributed by atoms with van der Waals surface area (Å²) < 4.78 is 21.8. The maximum absolute atomic E-state index is 11.2. The van der Waals surface area contributed by atoms with Gasteiger partial charge < -0.3 is 39.6 Å². The zero-order valence-electron chi connectivity index (χ0n) is 24.1. The van der Waals surface area contributed by atoms with Gasteiger partial charge in [-0.25, -0.2) is 0 Å². The summed E-state index contributed by atoms with van der Waals surface area (Å²) in [6.45, 7) is 0. The maximum atomic E-state index is 11.2. The van der Waals surface area contributed by atoms with Crippen LogP contribution in [0, 0.1) is 10.4 Å². The van der Waals surface area contributed by atoms with E-state index in [0.29, 0.717) is 54.7 Å². The van der Waals surface area contributed by atoms with Gasteiger partial charge in [0.05, 0.1) is 40.6 Å². The Labute approximate surface area is 274 Å². The lowest BCUT2D eigenvalue weighted by Gasteiger charge is -2.15. The molecule has 2 heterocycles. The molecule has 2 atom stereocenters. The van der Waals surface area contributed by atoms with E-state index in [1.54, 1.807) is 36.4 Å². The van der Waals surface area contributed by atoms with E-state index in [2.05, 4.69) is 0 Å². The van der Waals surface area contributed by atoms with Crippen LogP contribution in [-0.4, -0.2) is 38.7 Å². The van der Waals surface area contributed by atoms with Crippen molar-refractivity contribution in [2.45, 2.75) is 25.0 Å². The van der Waals surface area contributed by atoms with E-state index in [9.17, 15) is 20.6 Å². The van der Waals surface area contributed by atoms with Crippen LogP contribution in [0.3, 0.4) is 0 Å². The van der Waals surface area contributed by atoms with Crippen molar-refractivity contribution < 1.29 is 38.6 Å². The molecule has 0 aliphatic carbocycles. The first-order valence-electron chi connectivity index (χ1n) is 12.9. The molecule has 0 spiro atoms. The standard InChI is InChI=1S/2C15H15Cl2NO4/c2*1-21-14-4-3-9(5-15(14)22-2)13(19)6-10-11(16)7-18(20)8-12(10)17/h2*3-5,7-8,13,19H,6H2,1-2H3/t2*13-/m00/s1. The summed E-state index contributed by atoms with van der Waals surface area (Å²) in [5.41, 5.74) is 2.28. The van der Waals surface area contributed by atoms with Crippen molar-refractivity contribution in [3.05, 3.63) is 114 Å². The van der Waals surface area contributed by atoms with Crippen molar-refractivity contribution in [3.8, 4) is 23.0 Å². The average molecular weight is 688 g/mol. The molecule has 44 heavy (non-hydrogen) atoms. The number of benzene rings is 2. The molecule has 2 aromatic heterocycles. The molecule has 236 valence electrons. The van der Waals surface area contributed by atoms with Gasteiger partial charge in [0.15, 0.2) is 47.8 Å². The highest BCUT2D eigenvalue weighted by atomic mass is 35.5. The normalized spacial score (nSPS) is 12.0. The van der Waals surface area contributed by atoms with Gasteiger partial charge >= 0.3 is 0 Å². The highest BCUT2D eigenvalue weighted by Crippen LogP contribution is 2.34. The topological polar surface area (TPSA) is 131 Å². The van der Waals surface area contributed by atoms with Crippen molar-refractivity contribution in [2.24, 2.45) is 0 Å². The fourth-order valence-corrected chi connectivity index (χ4v) is 5.39. The highest BCUT2D eigenvalue weighted by Gasteiger charge is 2.20. The van der Waals surface area contributed by atoms with Crippen LogP contribution >= 0.6 is 46.4 Å². The number of rotatable bonds is 10. The number of hydrogen-bond donors (Lipinski definition) is 2. The number of halogens is 4. The number of methoxy groups -OCH3 is 4. The first-order chi connectivity index (χ1) is 20.9. The predicted octanol–water partition coefficient (Wildman–Crippen LogP) is 5.84. The van der Waals surface area contributed by atoms with Crippen molar-refractivity contribution in [2.75, 3.05) is 28.4 Å². The lowest BCUT2D eigenvalue weighted by molar-refractivity contribution is -0.605. The van der Waals surface area contributed by atoms with Crippen LogP contribution in [0.2, 0.25) is 20.1 Å². The highest BCUT2D eigenvalue weighted by molar-refractivity contribution is 6.36. The summed E-state index contributed by atoms with van der Waals surface area (Å²) in [5, 5.41) is 44.1. The van der Waals surface area contributed by atoms with Gasteiger partial charge in [-0.1, -0.05) is 58.5 Å². The Bertz CT molecular complexity index is 1430. The molecular weight excluding hydrogens is 658 g/mol. The van der Waals surface area contributed by atoms with Gasteiger partial charge in [0.25, 0.3) is 0 Å². The third kappa shape index (κ3) is 8.84. The van der Waals surface area contributed by atoms with Gasteiger partial charge in [-0.05, 0) is 35.4 Å². The number of hydrogen-bond acceptors (Lipinski definition) is 8. The minimum Gasteiger partial charge on any atom is -0.619 e. The van der Waals surface area contributed by atoms with Crippen molar-refractivity contribution >= 4 is 46.4 Å². The van der Waals surface area contributed by atoms with E-state index in [1.807, 2.05) is 0 Å². The van der Waals surface area contributed by atoms with Gasteiger partial charge in [0.2, 0.25) is 0 Å². The lowest BCUT2D eigenvalue weighted by atomic mass is 10.0. The second kappa shape index (κ2) is 16.1. The summed E-state index contributed by atoms with van der Waals surface area (Å²) in [4.78, 5) is 0. The molecule has 2 N–H and O–H groups in total. The van der Waals surface area contributed by atoms with E-state index in [1.165, 1.54) is 53.2 Å². The molecule has 0 bridgehead atoms. The average Bonchev–Trinajstić information content (AvgIpc) is 2.99. The number of pyridine rings is 2. The summed E-state index contributed by atoms with van der Waals surface area (Å²) in [7, 11) is 6.11. The molecule has 0 fully saturated rings. The lowest BCUT2D eigenvalue weighted by Crippen LogP contribution is -2.25. The van der Waals surface area contributed by atoms with Gasteiger partial charge in [-0.3, -0.25) is 0 Å². The molecule has 0 radical (unpaired) electrons. The molecule has 4 aromatic rings. The fourth-order valence-electron chi connectivity index (χ4n) is 4.19. The monoisotopic (exact) mass is 686 g/mol.